The van der Waals surface area contributed by atoms with Crippen LogP contribution in [0.2, 0.25) is 0 Å². The van der Waals surface area contributed by atoms with Gasteiger partial charge in [-0.25, -0.2) is 9.97 Å². The Bertz CT molecular complexity index is 449. The number of carbonyl (C=O) groups excluding carboxylic acids is 1. The molecule has 1 heterocycles. The number of carbonyl (C=O) groups is 1. The average molecular weight is 280 g/mol. The molecule has 0 bridgehead atoms. The van der Waals surface area contributed by atoms with Crippen molar-refractivity contribution in [2.45, 2.75) is 40.5 Å². The summed E-state index contributed by atoms with van der Waals surface area (Å²) in [7, 11) is 0. The quantitative estimate of drug-likeness (QED) is 0.711. The highest BCUT2D eigenvalue weighted by atomic mass is 16.5. The Morgan fingerprint density at radius 1 is 1.15 bits per heavy atom. The van der Waals surface area contributed by atoms with Crippen molar-refractivity contribution < 1.29 is 9.53 Å². The summed E-state index contributed by atoms with van der Waals surface area (Å²) < 4.78 is 4.89. The first-order valence-corrected chi connectivity index (χ1v) is 7.13. The van der Waals surface area contributed by atoms with E-state index in [2.05, 4.69) is 20.6 Å². The van der Waals surface area contributed by atoms with Crippen molar-refractivity contribution in [1.29, 1.82) is 0 Å². The van der Waals surface area contributed by atoms with Crippen LogP contribution in [0.1, 0.15) is 38.6 Å². The minimum atomic E-state index is -0.200. The topological polar surface area (TPSA) is 76.1 Å². The lowest BCUT2D eigenvalue weighted by atomic mass is 10.2. The van der Waals surface area contributed by atoms with Crippen LogP contribution in [0.25, 0.3) is 0 Å². The predicted octanol–water partition coefficient (Wildman–Crippen LogP) is 2.14. The number of aromatic nitrogens is 2. The maximum atomic E-state index is 11.3. The number of nitrogens with zero attached hydrogens (tertiary/aromatic N) is 2. The van der Waals surface area contributed by atoms with E-state index in [4.69, 9.17) is 4.74 Å². The molecule has 1 rings (SSSR count). The maximum Gasteiger partial charge on any atom is 0.307 e. The van der Waals surface area contributed by atoms with Crippen molar-refractivity contribution in [1.82, 2.24) is 9.97 Å². The summed E-state index contributed by atoms with van der Waals surface area (Å²) in [6.45, 7) is 9.54. The third-order valence-electron chi connectivity index (χ3n) is 2.78. The fraction of sp³-hybridized carbons (Fsp3) is 0.643. The van der Waals surface area contributed by atoms with Crippen LogP contribution in [-0.4, -0.2) is 35.6 Å². The molecule has 0 fully saturated rings. The summed E-state index contributed by atoms with van der Waals surface area (Å²) in [6.07, 6.45) is 1.10. The van der Waals surface area contributed by atoms with E-state index in [1.165, 1.54) is 0 Å². The minimum absolute atomic E-state index is 0.200. The van der Waals surface area contributed by atoms with Crippen molar-refractivity contribution in [2.24, 2.45) is 0 Å². The molecule has 0 aliphatic carbocycles. The van der Waals surface area contributed by atoms with E-state index in [9.17, 15) is 4.79 Å². The summed E-state index contributed by atoms with van der Waals surface area (Å²) in [4.78, 5) is 20.2. The fourth-order valence-corrected chi connectivity index (χ4v) is 1.75. The maximum absolute atomic E-state index is 11.3. The van der Waals surface area contributed by atoms with Gasteiger partial charge < -0.3 is 15.4 Å². The zero-order valence-electron chi connectivity index (χ0n) is 12.7. The van der Waals surface area contributed by atoms with E-state index >= 15 is 0 Å². The predicted molar refractivity (Wildman–Crippen MR) is 80.1 cm³/mol. The van der Waals surface area contributed by atoms with Crippen LogP contribution in [0.3, 0.4) is 0 Å². The molecule has 1 aromatic rings. The van der Waals surface area contributed by atoms with E-state index in [1.54, 1.807) is 6.92 Å². The van der Waals surface area contributed by atoms with Crippen LogP contribution in [0.15, 0.2) is 0 Å². The van der Waals surface area contributed by atoms with Crippen molar-refractivity contribution in [2.75, 3.05) is 30.3 Å². The highest BCUT2D eigenvalue weighted by molar-refractivity contribution is 5.70. The number of hydrogen-bond acceptors (Lipinski definition) is 6. The lowest BCUT2D eigenvalue weighted by molar-refractivity contribution is -0.142. The van der Waals surface area contributed by atoms with Crippen LogP contribution >= 0.6 is 0 Å². The first-order valence-electron chi connectivity index (χ1n) is 7.13. The lowest BCUT2D eigenvalue weighted by Crippen LogP contribution is -2.15. The molecule has 0 saturated heterocycles. The Balaban J connectivity index is 2.72. The number of hydrogen-bond donors (Lipinski definition) is 2. The summed E-state index contributed by atoms with van der Waals surface area (Å²) in [6, 6.07) is 0. The normalized spacial score (nSPS) is 10.2. The number of ether oxygens (including phenoxy) is 1. The van der Waals surface area contributed by atoms with E-state index < -0.39 is 0 Å². The molecule has 0 aromatic carbocycles. The monoisotopic (exact) mass is 280 g/mol. The van der Waals surface area contributed by atoms with Gasteiger partial charge in [0.05, 0.1) is 13.0 Å². The molecule has 2 N–H and O–H groups in total. The van der Waals surface area contributed by atoms with Crippen LogP contribution in [-0.2, 0) is 16.0 Å². The SMILES string of the molecule is CCNc1nc(CC)nc(NCCC(=O)OCC)c1C. The fourth-order valence-electron chi connectivity index (χ4n) is 1.75. The molecule has 0 aliphatic rings. The lowest BCUT2D eigenvalue weighted by Gasteiger charge is -2.14. The van der Waals surface area contributed by atoms with E-state index in [0.717, 1.165) is 36.0 Å². The molecule has 112 valence electrons. The Kier molecular flexibility index (Phi) is 6.76. The molecule has 0 radical (unpaired) electrons. The highest BCUT2D eigenvalue weighted by Gasteiger charge is 2.10. The van der Waals surface area contributed by atoms with Gasteiger partial charge in [0.15, 0.2) is 0 Å². The molecule has 0 unspecified atom stereocenters. The van der Waals surface area contributed by atoms with Crippen molar-refractivity contribution >= 4 is 17.6 Å². The molecular weight excluding hydrogens is 256 g/mol. The smallest absolute Gasteiger partial charge is 0.307 e. The molecule has 20 heavy (non-hydrogen) atoms. The molecule has 0 atom stereocenters. The van der Waals surface area contributed by atoms with Crippen LogP contribution < -0.4 is 10.6 Å². The second kappa shape index (κ2) is 8.35. The molecule has 1 aromatic heterocycles. The van der Waals surface area contributed by atoms with Crippen LogP contribution in [0.4, 0.5) is 11.6 Å². The number of rotatable bonds is 8. The third-order valence-corrected chi connectivity index (χ3v) is 2.78. The van der Waals surface area contributed by atoms with E-state index in [1.807, 2.05) is 20.8 Å². The van der Waals surface area contributed by atoms with Crippen LogP contribution in [0, 0.1) is 6.92 Å². The minimum Gasteiger partial charge on any atom is -0.466 e. The Morgan fingerprint density at radius 3 is 2.35 bits per heavy atom. The van der Waals surface area contributed by atoms with E-state index in [0.29, 0.717) is 19.6 Å². The number of esters is 1. The summed E-state index contributed by atoms with van der Waals surface area (Å²) >= 11 is 0. The average Bonchev–Trinajstić information content (AvgIpc) is 2.43. The first-order chi connectivity index (χ1) is 9.62. The highest BCUT2D eigenvalue weighted by Crippen LogP contribution is 2.20. The zero-order chi connectivity index (χ0) is 15.0. The second-order valence-electron chi connectivity index (χ2n) is 4.33. The van der Waals surface area contributed by atoms with E-state index in [-0.39, 0.29) is 5.97 Å². The molecular formula is C14H24N4O2. The molecule has 0 saturated carbocycles. The van der Waals surface area contributed by atoms with Crippen LogP contribution in [0.5, 0.6) is 0 Å². The number of nitrogens with one attached hydrogen (secondary N) is 2. The summed E-state index contributed by atoms with van der Waals surface area (Å²) in [5.41, 5.74) is 0.966. The first kappa shape index (κ1) is 16.2. The Hall–Kier alpha value is -1.85. The Labute approximate surface area is 120 Å². The van der Waals surface area contributed by atoms with Gasteiger partial charge in [-0.15, -0.1) is 0 Å². The van der Waals surface area contributed by atoms with Gasteiger partial charge in [0, 0.05) is 25.1 Å². The van der Waals surface area contributed by atoms with Gasteiger partial charge in [0.1, 0.15) is 17.5 Å². The van der Waals surface area contributed by atoms with Gasteiger partial charge in [-0.1, -0.05) is 6.92 Å². The van der Waals surface area contributed by atoms with Gasteiger partial charge in [-0.05, 0) is 20.8 Å². The van der Waals surface area contributed by atoms with Gasteiger partial charge in [0.25, 0.3) is 0 Å². The van der Waals surface area contributed by atoms with Gasteiger partial charge in [-0.2, -0.15) is 0 Å². The second-order valence-corrected chi connectivity index (χ2v) is 4.33. The molecule has 0 spiro atoms. The molecule has 0 amide bonds. The largest absolute Gasteiger partial charge is 0.466 e. The summed E-state index contributed by atoms with van der Waals surface area (Å²) in [5.74, 6) is 2.20. The number of anilines is 2. The zero-order valence-corrected chi connectivity index (χ0v) is 12.7. The van der Waals surface area contributed by atoms with Crippen molar-refractivity contribution in [3.63, 3.8) is 0 Å². The van der Waals surface area contributed by atoms with Crippen molar-refractivity contribution in [3.05, 3.63) is 11.4 Å². The number of aryl methyl sites for hydroxylation is 1. The molecule has 6 heteroatoms. The molecule has 0 aliphatic heterocycles. The Morgan fingerprint density at radius 2 is 1.80 bits per heavy atom. The van der Waals surface area contributed by atoms with Gasteiger partial charge in [-0.3, -0.25) is 4.79 Å². The van der Waals surface area contributed by atoms with Gasteiger partial charge in [0.2, 0.25) is 0 Å². The summed E-state index contributed by atoms with van der Waals surface area (Å²) in [5, 5.41) is 6.41. The standard InChI is InChI=1S/C14H24N4O2/c1-5-11-17-13(15-6-2)10(4)14(18-11)16-9-8-12(19)20-7-3/h5-9H2,1-4H3,(H2,15,16,17,18). The van der Waals surface area contributed by atoms with Crippen molar-refractivity contribution in [3.8, 4) is 0 Å². The third kappa shape index (κ3) is 4.68. The van der Waals surface area contributed by atoms with Gasteiger partial charge >= 0.3 is 5.97 Å². The molecule has 6 nitrogen and oxygen atoms in total.